The summed E-state index contributed by atoms with van der Waals surface area (Å²) in [5.41, 5.74) is 1.39. The maximum Gasteiger partial charge on any atom is 0.137 e. The first kappa shape index (κ1) is 24.7. The first-order valence-electron chi connectivity index (χ1n) is 14.0. The van der Waals surface area contributed by atoms with Crippen LogP contribution in [0, 0.1) is 11.3 Å². The van der Waals surface area contributed by atoms with Gasteiger partial charge in [-0.25, -0.2) is 9.97 Å². The fourth-order valence-corrected chi connectivity index (χ4v) is 7.26. The molecule has 0 spiro atoms. The summed E-state index contributed by atoms with van der Waals surface area (Å²) in [4.78, 5) is 15.8. The van der Waals surface area contributed by atoms with E-state index in [1.165, 1.54) is 95.1 Å². The number of anilines is 2. The second kappa shape index (κ2) is 11.8. The molecule has 0 amide bonds. The topological polar surface area (TPSA) is 68.1 Å². The van der Waals surface area contributed by atoms with Crippen molar-refractivity contribution in [3.8, 4) is 0 Å². The molecule has 35 heavy (non-hydrogen) atoms. The summed E-state index contributed by atoms with van der Waals surface area (Å²) in [5, 5.41) is 13.5. The summed E-state index contributed by atoms with van der Waals surface area (Å²) < 4.78 is 0. The zero-order valence-corrected chi connectivity index (χ0v) is 22.2. The molecule has 4 heterocycles. The van der Waals surface area contributed by atoms with E-state index in [1.807, 2.05) is 13.2 Å². The molecule has 2 aromatic rings. The van der Waals surface area contributed by atoms with E-state index in [0.29, 0.717) is 11.8 Å². The molecular formula is C28H42N6S. The fourth-order valence-electron chi connectivity index (χ4n) is 6.21. The van der Waals surface area contributed by atoms with Crippen LogP contribution in [0.2, 0.25) is 0 Å². The number of hydrogen-bond donors (Lipinski definition) is 2. The molecule has 3 fully saturated rings. The average Bonchev–Trinajstić information content (AvgIpc) is 3.53. The van der Waals surface area contributed by atoms with Gasteiger partial charge in [0.2, 0.25) is 0 Å². The lowest BCUT2D eigenvalue weighted by molar-refractivity contribution is 0.188. The van der Waals surface area contributed by atoms with Crippen molar-refractivity contribution < 1.29 is 0 Å². The van der Waals surface area contributed by atoms with Gasteiger partial charge in [-0.15, -0.1) is 11.3 Å². The van der Waals surface area contributed by atoms with Crippen LogP contribution in [0.25, 0.3) is 0 Å². The van der Waals surface area contributed by atoms with Crippen molar-refractivity contribution in [2.24, 2.45) is 5.92 Å². The Bertz CT molecular complexity index is 974. The van der Waals surface area contributed by atoms with Gasteiger partial charge >= 0.3 is 0 Å². The van der Waals surface area contributed by atoms with Crippen LogP contribution in [0.4, 0.5) is 11.6 Å². The summed E-state index contributed by atoms with van der Waals surface area (Å²) >= 11 is 1.71. The quantitative estimate of drug-likeness (QED) is 0.431. The summed E-state index contributed by atoms with van der Waals surface area (Å²) in [5.74, 6) is 2.69. The van der Waals surface area contributed by atoms with E-state index < -0.39 is 0 Å². The summed E-state index contributed by atoms with van der Waals surface area (Å²) in [7, 11) is 1.91. The van der Waals surface area contributed by atoms with Gasteiger partial charge in [-0.2, -0.15) is 0 Å². The highest BCUT2D eigenvalue weighted by molar-refractivity contribution is 7.14. The van der Waals surface area contributed by atoms with E-state index in [1.54, 1.807) is 11.3 Å². The predicted octanol–water partition coefficient (Wildman–Crippen LogP) is 6.48. The highest BCUT2D eigenvalue weighted by Gasteiger charge is 2.31. The van der Waals surface area contributed by atoms with Crippen molar-refractivity contribution in [3.05, 3.63) is 33.8 Å². The van der Waals surface area contributed by atoms with E-state index in [0.717, 1.165) is 41.1 Å². The smallest absolute Gasteiger partial charge is 0.137 e. The molecule has 3 aliphatic rings. The van der Waals surface area contributed by atoms with Crippen LogP contribution in [-0.2, 0) is 0 Å². The Morgan fingerprint density at radius 2 is 1.71 bits per heavy atom. The van der Waals surface area contributed by atoms with Crippen LogP contribution in [0.3, 0.4) is 0 Å². The molecule has 0 bridgehead atoms. The first-order chi connectivity index (χ1) is 17.2. The van der Waals surface area contributed by atoms with Crippen molar-refractivity contribution in [1.29, 1.82) is 5.41 Å². The zero-order valence-electron chi connectivity index (χ0n) is 21.4. The van der Waals surface area contributed by atoms with Gasteiger partial charge in [0.15, 0.2) is 0 Å². The van der Waals surface area contributed by atoms with Gasteiger partial charge in [-0.05, 0) is 63.1 Å². The van der Waals surface area contributed by atoms with E-state index in [-0.39, 0.29) is 0 Å². The molecule has 6 nitrogen and oxygen atoms in total. The van der Waals surface area contributed by atoms with Crippen LogP contribution >= 0.6 is 11.3 Å². The monoisotopic (exact) mass is 494 g/mol. The number of nitrogens with one attached hydrogen (secondary N) is 2. The lowest BCUT2D eigenvalue weighted by atomic mass is 9.89. The Balaban J connectivity index is 1.29. The highest BCUT2D eigenvalue weighted by Crippen LogP contribution is 2.37. The molecule has 1 saturated carbocycles. The third-order valence-corrected chi connectivity index (χ3v) is 9.32. The van der Waals surface area contributed by atoms with Gasteiger partial charge in [0, 0.05) is 38.4 Å². The van der Waals surface area contributed by atoms with Gasteiger partial charge in [-0.1, -0.05) is 38.5 Å². The Labute approximate surface area is 215 Å². The Morgan fingerprint density at radius 3 is 2.49 bits per heavy atom. The van der Waals surface area contributed by atoms with Crippen LogP contribution in [0.1, 0.15) is 98.5 Å². The Kier molecular flexibility index (Phi) is 8.35. The van der Waals surface area contributed by atoms with Gasteiger partial charge in [0.1, 0.15) is 16.6 Å². The summed E-state index contributed by atoms with van der Waals surface area (Å²) in [6.45, 7) is 4.57. The minimum atomic E-state index is 0.430. The standard InChI is InChI=1S/C28H42N6S/c1-30-27-22(14-15-25(32-27)33-16-8-3-2-4-9-17-33)26(29)24-19-31-28(35-24)23-13-10-18-34(23)20-21-11-6-5-7-12-21/h14-15,19,21,23,29H,2-13,16-18,20H2,1H3,(H,30,32)/t23-/m0/s1. The van der Waals surface area contributed by atoms with Crippen molar-refractivity contribution in [2.75, 3.05) is 43.4 Å². The lowest BCUT2D eigenvalue weighted by Crippen LogP contribution is -2.30. The van der Waals surface area contributed by atoms with Gasteiger partial charge < -0.3 is 10.2 Å². The normalized spacial score (nSPS) is 22.7. The largest absolute Gasteiger partial charge is 0.373 e. The Hall–Kier alpha value is -1.99. The number of nitrogens with zero attached hydrogens (tertiary/aromatic N) is 4. The maximum absolute atomic E-state index is 9.00. The van der Waals surface area contributed by atoms with Crippen LogP contribution in [0.5, 0.6) is 0 Å². The number of pyridine rings is 1. The highest BCUT2D eigenvalue weighted by atomic mass is 32.1. The lowest BCUT2D eigenvalue weighted by Gasteiger charge is -2.30. The molecule has 0 aromatic carbocycles. The summed E-state index contributed by atoms with van der Waals surface area (Å²) in [6.07, 6.45) is 17.8. The molecule has 1 atom stereocenters. The molecule has 5 rings (SSSR count). The number of likely N-dealkylation sites (tertiary alicyclic amines) is 1. The number of hydrogen-bond acceptors (Lipinski definition) is 7. The van der Waals surface area contributed by atoms with Crippen LogP contribution in [0.15, 0.2) is 18.3 Å². The number of thiazole rings is 1. The molecule has 0 unspecified atom stereocenters. The molecule has 1 aliphatic carbocycles. The van der Waals surface area contributed by atoms with E-state index in [4.69, 9.17) is 15.4 Å². The minimum absolute atomic E-state index is 0.430. The minimum Gasteiger partial charge on any atom is -0.373 e. The average molecular weight is 495 g/mol. The van der Waals surface area contributed by atoms with Crippen molar-refractivity contribution in [1.82, 2.24) is 14.9 Å². The third kappa shape index (κ3) is 5.88. The van der Waals surface area contributed by atoms with Crippen molar-refractivity contribution in [2.45, 2.75) is 83.1 Å². The SMILES string of the molecule is CNc1nc(N2CCCCCCC2)ccc1C(=N)c1cnc([C@@H]2CCCN2CC2CCCCC2)s1. The van der Waals surface area contributed by atoms with Gasteiger partial charge in [0.25, 0.3) is 0 Å². The predicted molar refractivity (Wildman–Crippen MR) is 147 cm³/mol. The van der Waals surface area contributed by atoms with Crippen LogP contribution in [-0.4, -0.2) is 53.8 Å². The van der Waals surface area contributed by atoms with Crippen molar-refractivity contribution in [3.63, 3.8) is 0 Å². The zero-order chi connectivity index (χ0) is 24.0. The molecule has 2 saturated heterocycles. The number of rotatable bonds is 7. The molecule has 2 aliphatic heterocycles. The third-order valence-electron chi connectivity index (χ3n) is 8.20. The molecule has 0 radical (unpaired) electrons. The van der Waals surface area contributed by atoms with Crippen LogP contribution < -0.4 is 10.2 Å². The second-order valence-corrected chi connectivity index (χ2v) is 11.7. The molecule has 7 heteroatoms. The number of aromatic nitrogens is 2. The van der Waals surface area contributed by atoms with E-state index >= 15 is 0 Å². The van der Waals surface area contributed by atoms with E-state index in [2.05, 4.69) is 27.2 Å². The fraction of sp³-hybridized carbons (Fsp3) is 0.679. The molecule has 190 valence electrons. The Morgan fingerprint density at radius 1 is 0.971 bits per heavy atom. The van der Waals surface area contributed by atoms with Gasteiger partial charge in [-0.3, -0.25) is 10.3 Å². The van der Waals surface area contributed by atoms with Crippen molar-refractivity contribution >= 4 is 28.7 Å². The second-order valence-electron chi connectivity index (χ2n) is 10.7. The maximum atomic E-state index is 9.00. The van der Waals surface area contributed by atoms with Gasteiger partial charge in [0.05, 0.1) is 16.6 Å². The first-order valence-corrected chi connectivity index (χ1v) is 14.8. The summed E-state index contributed by atoms with van der Waals surface area (Å²) in [6, 6.07) is 4.62. The molecule has 2 aromatic heterocycles. The molecular weight excluding hydrogens is 452 g/mol. The van der Waals surface area contributed by atoms with E-state index in [9.17, 15) is 0 Å². The molecule has 2 N–H and O–H groups in total.